The van der Waals surface area contributed by atoms with Crippen molar-refractivity contribution in [3.05, 3.63) is 34.3 Å². The third-order valence-corrected chi connectivity index (χ3v) is 4.62. The summed E-state index contributed by atoms with van der Waals surface area (Å²) in [6.45, 7) is 2.93. The lowest BCUT2D eigenvalue weighted by Crippen LogP contribution is -2.45. The van der Waals surface area contributed by atoms with Crippen molar-refractivity contribution in [2.24, 2.45) is 11.1 Å². The highest BCUT2D eigenvalue weighted by atomic mass is 79.9. The molecule has 1 aliphatic carbocycles. The Hall–Kier alpha value is -0.380. The molecule has 1 aromatic carbocycles. The van der Waals surface area contributed by atoms with Crippen molar-refractivity contribution in [2.75, 3.05) is 20.1 Å². The summed E-state index contributed by atoms with van der Waals surface area (Å²) < 4.78 is 1.20. The van der Waals surface area contributed by atoms with Crippen LogP contribution in [0.2, 0.25) is 0 Å². The first-order chi connectivity index (χ1) is 8.15. The summed E-state index contributed by atoms with van der Waals surface area (Å²) >= 11 is 3.60. The first kappa shape index (κ1) is 13.1. The van der Waals surface area contributed by atoms with E-state index in [4.69, 9.17) is 5.73 Å². The normalized spacial score (nSPS) is 18.1. The summed E-state index contributed by atoms with van der Waals surface area (Å²) in [6, 6.07) is 8.43. The highest BCUT2D eigenvalue weighted by Crippen LogP contribution is 2.40. The van der Waals surface area contributed by atoms with Crippen molar-refractivity contribution in [1.82, 2.24) is 4.90 Å². The SMILES string of the molecule is CN(Cc1ccccc1Br)CC1(CN)CCC1. The molecule has 1 aromatic rings. The Balaban J connectivity index is 1.93. The van der Waals surface area contributed by atoms with Crippen LogP contribution in [0, 0.1) is 5.41 Å². The minimum atomic E-state index is 0.399. The molecule has 2 nitrogen and oxygen atoms in total. The van der Waals surface area contributed by atoms with E-state index in [0.717, 1.165) is 19.6 Å². The molecule has 0 heterocycles. The van der Waals surface area contributed by atoms with Crippen LogP contribution in [0.15, 0.2) is 28.7 Å². The molecule has 0 spiro atoms. The van der Waals surface area contributed by atoms with Gasteiger partial charge in [0.1, 0.15) is 0 Å². The van der Waals surface area contributed by atoms with Crippen LogP contribution in [0.3, 0.4) is 0 Å². The zero-order chi connectivity index (χ0) is 12.3. The van der Waals surface area contributed by atoms with Gasteiger partial charge in [-0.1, -0.05) is 40.5 Å². The lowest BCUT2D eigenvalue weighted by Gasteiger charge is -2.43. The molecule has 1 aliphatic rings. The van der Waals surface area contributed by atoms with E-state index in [-0.39, 0.29) is 0 Å². The molecule has 0 radical (unpaired) electrons. The topological polar surface area (TPSA) is 29.3 Å². The van der Waals surface area contributed by atoms with Gasteiger partial charge >= 0.3 is 0 Å². The molecule has 3 heteroatoms. The third-order valence-electron chi connectivity index (χ3n) is 3.85. The maximum Gasteiger partial charge on any atom is 0.0242 e. The monoisotopic (exact) mass is 296 g/mol. The van der Waals surface area contributed by atoms with Crippen LogP contribution in [-0.4, -0.2) is 25.0 Å². The molecular weight excluding hydrogens is 276 g/mol. The van der Waals surface area contributed by atoms with Gasteiger partial charge in [-0.2, -0.15) is 0 Å². The highest BCUT2D eigenvalue weighted by Gasteiger charge is 2.36. The lowest BCUT2D eigenvalue weighted by molar-refractivity contribution is 0.0844. The van der Waals surface area contributed by atoms with E-state index in [0.29, 0.717) is 5.41 Å². The van der Waals surface area contributed by atoms with Gasteiger partial charge < -0.3 is 10.6 Å². The number of nitrogens with zero attached hydrogens (tertiary/aromatic N) is 1. The fourth-order valence-electron chi connectivity index (χ4n) is 2.65. The van der Waals surface area contributed by atoms with E-state index >= 15 is 0 Å². The fourth-order valence-corrected chi connectivity index (χ4v) is 3.06. The van der Waals surface area contributed by atoms with Crippen LogP contribution in [0.4, 0.5) is 0 Å². The maximum atomic E-state index is 5.90. The van der Waals surface area contributed by atoms with Crippen molar-refractivity contribution < 1.29 is 0 Å². The molecule has 2 N–H and O–H groups in total. The van der Waals surface area contributed by atoms with Crippen LogP contribution in [0.25, 0.3) is 0 Å². The first-order valence-electron chi connectivity index (χ1n) is 6.27. The van der Waals surface area contributed by atoms with Gasteiger partial charge in [-0.3, -0.25) is 0 Å². The number of nitrogens with two attached hydrogens (primary N) is 1. The largest absolute Gasteiger partial charge is 0.330 e. The molecule has 0 atom stereocenters. The van der Waals surface area contributed by atoms with E-state index < -0.39 is 0 Å². The molecule has 0 aliphatic heterocycles. The molecule has 0 bridgehead atoms. The van der Waals surface area contributed by atoms with Crippen LogP contribution in [-0.2, 0) is 6.54 Å². The van der Waals surface area contributed by atoms with Crippen molar-refractivity contribution in [1.29, 1.82) is 0 Å². The molecule has 0 saturated heterocycles. The van der Waals surface area contributed by atoms with E-state index in [1.165, 1.54) is 29.3 Å². The van der Waals surface area contributed by atoms with Gasteiger partial charge in [-0.05, 0) is 43.5 Å². The number of hydrogen-bond donors (Lipinski definition) is 1. The summed E-state index contributed by atoms with van der Waals surface area (Å²) in [5, 5.41) is 0. The average Bonchev–Trinajstić information content (AvgIpc) is 2.27. The second-order valence-electron chi connectivity index (χ2n) is 5.32. The number of rotatable bonds is 5. The molecular formula is C14H21BrN2. The second-order valence-corrected chi connectivity index (χ2v) is 6.18. The molecule has 94 valence electrons. The van der Waals surface area contributed by atoms with E-state index in [2.05, 4.69) is 52.1 Å². The minimum Gasteiger partial charge on any atom is -0.330 e. The second kappa shape index (κ2) is 5.51. The number of benzene rings is 1. The van der Waals surface area contributed by atoms with Gasteiger partial charge in [0.2, 0.25) is 0 Å². The first-order valence-corrected chi connectivity index (χ1v) is 7.07. The van der Waals surface area contributed by atoms with Crippen molar-refractivity contribution in [2.45, 2.75) is 25.8 Å². The third kappa shape index (κ3) is 3.09. The smallest absolute Gasteiger partial charge is 0.0242 e. The summed E-state index contributed by atoms with van der Waals surface area (Å²) in [6.07, 6.45) is 3.94. The Morgan fingerprint density at radius 3 is 2.59 bits per heavy atom. The summed E-state index contributed by atoms with van der Waals surface area (Å²) in [5.74, 6) is 0. The number of hydrogen-bond acceptors (Lipinski definition) is 2. The Kier molecular flexibility index (Phi) is 4.23. The molecule has 17 heavy (non-hydrogen) atoms. The maximum absolute atomic E-state index is 5.90. The highest BCUT2D eigenvalue weighted by molar-refractivity contribution is 9.10. The van der Waals surface area contributed by atoms with Crippen molar-refractivity contribution >= 4 is 15.9 Å². The molecule has 1 fully saturated rings. The van der Waals surface area contributed by atoms with Gasteiger partial charge in [-0.25, -0.2) is 0 Å². The lowest BCUT2D eigenvalue weighted by atomic mass is 9.68. The van der Waals surface area contributed by atoms with Crippen LogP contribution in [0.1, 0.15) is 24.8 Å². The average molecular weight is 297 g/mol. The molecule has 0 aromatic heterocycles. The van der Waals surface area contributed by atoms with Gasteiger partial charge in [-0.15, -0.1) is 0 Å². The van der Waals surface area contributed by atoms with Gasteiger partial charge in [0.15, 0.2) is 0 Å². The predicted molar refractivity (Wildman–Crippen MR) is 75.8 cm³/mol. The Bertz CT molecular complexity index is 369. The zero-order valence-corrected chi connectivity index (χ0v) is 12.0. The predicted octanol–water partition coefficient (Wildman–Crippen LogP) is 3.01. The summed E-state index contributed by atoms with van der Waals surface area (Å²) in [4.78, 5) is 2.39. The Labute approximate surface area is 112 Å². The van der Waals surface area contributed by atoms with Crippen LogP contribution in [0.5, 0.6) is 0 Å². The van der Waals surface area contributed by atoms with E-state index in [9.17, 15) is 0 Å². The van der Waals surface area contributed by atoms with Gasteiger partial charge in [0.05, 0.1) is 0 Å². The molecule has 0 unspecified atom stereocenters. The number of halogens is 1. The van der Waals surface area contributed by atoms with Gasteiger partial charge in [0, 0.05) is 17.6 Å². The van der Waals surface area contributed by atoms with Crippen LogP contribution < -0.4 is 5.73 Å². The van der Waals surface area contributed by atoms with Gasteiger partial charge in [0.25, 0.3) is 0 Å². The van der Waals surface area contributed by atoms with Crippen LogP contribution >= 0.6 is 15.9 Å². The fraction of sp³-hybridized carbons (Fsp3) is 0.571. The molecule has 0 amide bonds. The summed E-state index contributed by atoms with van der Waals surface area (Å²) in [5.41, 5.74) is 7.65. The quantitative estimate of drug-likeness (QED) is 0.905. The zero-order valence-electron chi connectivity index (χ0n) is 10.5. The standard InChI is InChI=1S/C14H21BrN2/c1-17(11-14(10-16)7-4-8-14)9-12-5-2-3-6-13(12)15/h2-3,5-6H,4,7-11,16H2,1H3. The van der Waals surface area contributed by atoms with E-state index in [1.54, 1.807) is 0 Å². The summed E-state index contributed by atoms with van der Waals surface area (Å²) in [7, 11) is 2.19. The molecule has 2 rings (SSSR count). The van der Waals surface area contributed by atoms with Crippen molar-refractivity contribution in [3.8, 4) is 0 Å². The van der Waals surface area contributed by atoms with E-state index in [1.807, 2.05) is 0 Å². The molecule has 1 saturated carbocycles. The Morgan fingerprint density at radius 2 is 2.06 bits per heavy atom. The minimum absolute atomic E-state index is 0.399. The Morgan fingerprint density at radius 1 is 1.35 bits per heavy atom. The van der Waals surface area contributed by atoms with Crippen molar-refractivity contribution in [3.63, 3.8) is 0 Å².